The summed E-state index contributed by atoms with van der Waals surface area (Å²) in [6.07, 6.45) is 1.45. The Balaban J connectivity index is 4.14. The van der Waals surface area contributed by atoms with Gasteiger partial charge in [-0.25, -0.2) is 4.79 Å². The smallest absolute Gasteiger partial charge is 0.330 e. The molecule has 3 nitrogen and oxygen atoms in total. The van der Waals surface area contributed by atoms with Crippen LogP contribution in [0, 0.1) is 5.92 Å². The molecular weight excluding hydrogens is 168 g/mol. The molecule has 0 bridgehead atoms. The van der Waals surface area contributed by atoms with E-state index in [-0.39, 0.29) is 24.0 Å². The van der Waals surface area contributed by atoms with Crippen LogP contribution >= 0.6 is 11.6 Å². The summed E-state index contributed by atoms with van der Waals surface area (Å²) in [6.45, 7) is 1.35. The van der Waals surface area contributed by atoms with Crippen LogP contribution in [0.1, 0.15) is 6.92 Å². The zero-order chi connectivity index (χ0) is 8.85. The number of hydrogen-bond acceptors (Lipinski definition) is 2. The van der Waals surface area contributed by atoms with Crippen molar-refractivity contribution in [1.29, 1.82) is 0 Å². The van der Waals surface area contributed by atoms with Gasteiger partial charge >= 0.3 is 5.97 Å². The molecule has 0 heterocycles. The average molecular weight is 179 g/mol. The molecule has 0 saturated carbocycles. The van der Waals surface area contributed by atoms with Crippen molar-refractivity contribution >= 4 is 17.6 Å². The molecule has 0 spiro atoms. The van der Waals surface area contributed by atoms with Gasteiger partial charge in [0.05, 0.1) is 6.61 Å². The Hall–Kier alpha value is -0.540. The summed E-state index contributed by atoms with van der Waals surface area (Å²) in [6, 6.07) is 0. The van der Waals surface area contributed by atoms with Crippen LogP contribution in [0.4, 0.5) is 0 Å². The van der Waals surface area contributed by atoms with E-state index in [1.165, 1.54) is 13.0 Å². The quantitative estimate of drug-likeness (QED) is 0.496. The van der Waals surface area contributed by atoms with Crippen molar-refractivity contribution in [2.24, 2.45) is 5.92 Å². The predicted octanol–water partition coefficient (Wildman–Crippen LogP) is 0.865. The number of carbonyl (C=O) groups is 1. The highest BCUT2D eigenvalue weighted by molar-refractivity contribution is 6.18. The van der Waals surface area contributed by atoms with Gasteiger partial charge in [-0.2, -0.15) is 0 Å². The highest BCUT2D eigenvalue weighted by atomic mass is 35.5. The molecule has 0 aromatic rings. The van der Waals surface area contributed by atoms with E-state index in [9.17, 15) is 4.79 Å². The molecular formula is C7H11ClO3. The van der Waals surface area contributed by atoms with Gasteiger partial charge < -0.3 is 10.2 Å². The molecule has 1 atom stereocenters. The molecule has 1 unspecified atom stereocenters. The molecule has 0 rings (SSSR count). The van der Waals surface area contributed by atoms with Crippen LogP contribution in [0.5, 0.6) is 0 Å². The first-order chi connectivity index (χ1) is 5.11. The second kappa shape index (κ2) is 5.16. The van der Waals surface area contributed by atoms with Gasteiger partial charge in [-0.15, -0.1) is 11.6 Å². The number of hydrogen-bond donors (Lipinski definition) is 2. The lowest BCUT2D eigenvalue weighted by Crippen LogP contribution is -2.07. The molecule has 0 aliphatic carbocycles. The van der Waals surface area contributed by atoms with Crippen LogP contribution in [0.25, 0.3) is 0 Å². The van der Waals surface area contributed by atoms with E-state index in [0.717, 1.165) is 0 Å². The first-order valence-corrected chi connectivity index (χ1v) is 3.73. The minimum absolute atomic E-state index is 0.117. The van der Waals surface area contributed by atoms with Gasteiger partial charge in [0, 0.05) is 17.4 Å². The third-order valence-corrected chi connectivity index (χ3v) is 1.65. The number of aliphatic hydroxyl groups is 1. The monoisotopic (exact) mass is 178 g/mol. The van der Waals surface area contributed by atoms with E-state index in [4.69, 9.17) is 21.8 Å². The minimum Gasteiger partial charge on any atom is -0.478 e. The van der Waals surface area contributed by atoms with Crippen molar-refractivity contribution in [2.45, 2.75) is 6.92 Å². The zero-order valence-electron chi connectivity index (χ0n) is 6.25. The lowest BCUT2D eigenvalue weighted by Gasteiger charge is -2.03. The largest absolute Gasteiger partial charge is 0.478 e. The summed E-state index contributed by atoms with van der Waals surface area (Å²) in [4.78, 5) is 10.3. The first-order valence-electron chi connectivity index (χ1n) is 3.20. The number of alkyl halides is 1. The molecule has 2 N–H and O–H groups in total. The average Bonchev–Trinajstić information content (AvgIpc) is 1.99. The number of carboxylic acids is 1. The second-order valence-electron chi connectivity index (χ2n) is 2.25. The molecule has 0 amide bonds. The molecule has 0 radical (unpaired) electrons. The Morgan fingerprint density at radius 3 is 2.55 bits per heavy atom. The Labute approximate surface area is 70.3 Å². The van der Waals surface area contributed by atoms with E-state index in [0.29, 0.717) is 0 Å². The molecule has 11 heavy (non-hydrogen) atoms. The fourth-order valence-electron chi connectivity index (χ4n) is 0.571. The lowest BCUT2D eigenvalue weighted by atomic mass is 10.1. The molecule has 0 aliphatic heterocycles. The fraction of sp³-hybridized carbons (Fsp3) is 0.571. The van der Waals surface area contributed by atoms with Crippen molar-refractivity contribution in [1.82, 2.24) is 0 Å². The summed E-state index contributed by atoms with van der Waals surface area (Å²) in [5, 5.41) is 17.1. The summed E-state index contributed by atoms with van der Waals surface area (Å²) in [5.74, 6) is -0.998. The first kappa shape index (κ1) is 10.5. The van der Waals surface area contributed by atoms with Gasteiger partial charge in [-0.3, -0.25) is 0 Å². The number of rotatable bonds is 4. The number of carboxylic acid groups (broad SMARTS) is 1. The standard InChI is InChI=1S/C7H11ClO3/c1-5(7(10)11)2-6(3-8)4-9/h2,6,9H,3-4H2,1H3,(H,10,11). The van der Waals surface area contributed by atoms with E-state index < -0.39 is 5.97 Å². The predicted molar refractivity (Wildman–Crippen MR) is 42.7 cm³/mol. The SMILES string of the molecule is CC(=CC(CO)CCl)C(=O)O. The maximum absolute atomic E-state index is 10.3. The van der Waals surface area contributed by atoms with Gasteiger partial charge in [0.2, 0.25) is 0 Å². The van der Waals surface area contributed by atoms with Crippen molar-refractivity contribution in [2.75, 3.05) is 12.5 Å². The Kier molecular flexibility index (Phi) is 4.90. The Bertz CT molecular complexity index is 161. The minimum atomic E-state index is -0.978. The summed E-state index contributed by atoms with van der Waals surface area (Å²) in [7, 11) is 0. The van der Waals surface area contributed by atoms with Crippen molar-refractivity contribution < 1.29 is 15.0 Å². The zero-order valence-corrected chi connectivity index (χ0v) is 7.01. The number of halogens is 1. The summed E-state index contributed by atoms with van der Waals surface area (Å²) < 4.78 is 0. The maximum Gasteiger partial charge on any atom is 0.330 e. The molecule has 0 aliphatic rings. The van der Waals surface area contributed by atoms with Crippen molar-refractivity contribution in [3.63, 3.8) is 0 Å². The van der Waals surface area contributed by atoms with Gasteiger partial charge in [0.15, 0.2) is 0 Å². The highest BCUT2D eigenvalue weighted by Gasteiger charge is 2.05. The topological polar surface area (TPSA) is 57.5 Å². The Morgan fingerprint density at radius 2 is 2.27 bits per heavy atom. The number of aliphatic hydroxyl groups excluding tert-OH is 1. The molecule has 0 aromatic carbocycles. The van der Waals surface area contributed by atoms with E-state index in [1.807, 2.05) is 0 Å². The van der Waals surface area contributed by atoms with Gasteiger partial charge in [0.1, 0.15) is 0 Å². The molecule has 0 fully saturated rings. The van der Waals surface area contributed by atoms with Gasteiger partial charge in [0.25, 0.3) is 0 Å². The van der Waals surface area contributed by atoms with Crippen LogP contribution in [0.2, 0.25) is 0 Å². The second-order valence-corrected chi connectivity index (χ2v) is 2.56. The molecule has 4 heteroatoms. The normalized spacial score (nSPS) is 14.6. The van der Waals surface area contributed by atoms with Crippen LogP contribution in [0.15, 0.2) is 11.6 Å². The van der Waals surface area contributed by atoms with E-state index in [2.05, 4.69) is 0 Å². The third-order valence-electron chi connectivity index (χ3n) is 1.26. The molecule has 0 aromatic heterocycles. The number of aliphatic carboxylic acids is 1. The Morgan fingerprint density at radius 1 is 1.73 bits per heavy atom. The van der Waals surface area contributed by atoms with Gasteiger partial charge in [-0.05, 0) is 6.92 Å². The molecule has 64 valence electrons. The summed E-state index contributed by atoms with van der Waals surface area (Å²) >= 11 is 5.42. The molecule has 0 saturated heterocycles. The van der Waals surface area contributed by atoms with Crippen molar-refractivity contribution in [3.8, 4) is 0 Å². The fourth-order valence-corrected chi connectivity index (χ4v) is 0.758. The van der Waals surface area contributed by atoms with Crippen LogP contribution in [-0.4, -0.2) is 28.7 Å². The highest BCUT2D eigenvalue weighted by Crippen LogP contribution is 2.04. The van der Waals surface area contributed by atoms with Gasteiger partial charge in [-0.1, -0.05) is 6.08 Å². The van der Waals surface area contributed by atoms with Crippen molar-refractivity contribution in [3.05, 3.63) is 11.6 Å². The lowest BCUT2D eigenvalue weighted by molar-refractivity contribution is -0.132. The van der Waals surface area contributed by atoms with Crippen LogP contribution in [-0.2, 0) is 4.79 Å². The maximum atomic E-state index is 10.3. The van der Waals surface area contributed by atoms with E-state index in [1.54, 1.807) is 0 Å². The van der Waals surface area contributed by atoms with E-state index >= 15 is 0 Å². The van der Waals surface area contributed by atoms with Crippen LogP contribution in [0.3, 0.4) is 0 Å². The van der Waals surface area contributed by atoms with Crippen LogP contribution < -0.4 is 0 Å². The summed E-state index contributed by atoms with van der Waals surface area (Å²) in [5.41, 5.74) is 0.213. The third kappa shape index (κ3) is 4.01.